The van der Waals surface area contributed by atoms with Crippen molar-refractivity contribution in [3.8, 4) is 0 Å². The number of carbonyl (C=O) groups is 1. The predicted molar refractivity (Wildman–Crippen MR) is 129 cm³/mol. The average Bonchev–Trinajstić information content (AvgIpc) is 3.22. The quantitative estimate of drug-likeness (QED) is 0.236. The SMILES string of the molecule is CCNC(=NCCNC(=O)c1scnc1C)N(C)Cc1cn(C)nc1C(C)C.I. The first-order valence-electron chi connectivity index (χ1n) is 9.53. The molecular formula is C19H32IN7OS. The molecule has 0 fully saturated rings. The van der Waals surface area contributed by atoms with Gasteiger partial charge in [0, 0.05) is 45.5 Å². The molecule has 2 rings (SSSR count). The van der Waals surface area contributed by atoms with Crippen molar-refractivity contribution in [3.63, 3.8) is 0 Å². The molecule has 0 aliphatic heterocycles. The summed E-state index contributed by atoms with van der Waals surface area (Å²) in [5.74, 6) is 1.09. The highest BCUT2D eigenvalue weighted by Gasteiger charge is 2.15. The van der Waals surface area contributed by atoms with E-state index in [9.17, 15) is 4.79 Å². The van der Waals surface area contributed by atoms with Crippen LogP contribution in [0.15, 0.2) is 16.7 Å². The third-order valence-corrected chi connectivity index (χ3v) is 5.13. The first kappa shape index (κ1) is 25.3. The van der Waals surface area contributed by atoms with Gasteiger partial charge in [-0.05, 0) is 19.8 Å². The van der Waals surface area contributed by atoms with Crippen LogP contribution in [-0.4, -0.2) is 58.2 Å². The van der Waals surface area contributed by atoms with Crippen molar-refractivity contribution in [1.29, 1.82) is 0 Å². The van der Waals surface area contributed by atoms with Crippen molar-refractivity contribution >= 4 is 47.2 Å². The number of halogens is 1. The maximum atomic E-state index is 12.2. The van der Waals surface area contributed by atoms with Crippen molar-refractivity contribution in [2.45, 2.75) is 40.2 Å². The number of aliphatic imine (C=N–C) groups is 1. The van der Waals surface area contributed by atoms with Gasteiger partial charge in [-0.25, -0.2) is 4.98 Å². The number of nitrogens with zero attached hydrogens (tertiary/aromatic N) is 5. The summed E-state index contributed by atoms with van der Waals surface area (Å²) in [5.41, 5.74) is 4.75. The molecule has 10 heteroatoms. The summed E-state index contributed by atoms with van der Waals surface area (Å²) in [4.78, 5) is 23.6. The molecule has 0 radical (unpaired) electrons. The second-order valence-electron chi connectivity index (χ2n) is 6.98. The van der Waals surface area contributed by atoms with E-state index in [1.54, 1.807) is 5.51 Å². The molecule has 0 unspecified atom stereocenters. The molecule has 2 N–H and O–H groups in total. The third-order valence-electron chi connectivity index (χ3n) is 4.20. The van der Waals surface area contributed by atoms with Gasteiger partial charge < -0.3 is 15.5 Å². The number of rotatable bonds is 8. The van der Waals surface area contributed by atoms with Gasteiger partial charge in [0.1, 0.15) is 4.88 Å². The van der Waals surface area contributed by atoms with Crippen LogP contribution in [0.3, 0.4) is 0 Å². The van der Waals surface area contributed by atoms with Crippen LogP contribution in [-0.2, 0) is 13.6 Å². The van der Waals surface area contributed by atoms with Crippen LogP contribution in [0.2, 0.25) is 0 Å². The standard InChI is InChI=1S/C19H31N7OS.HI/c1-7-20-19(22-9-8-21-18(27)17-14(4)23-12-28-17)25(5)10-15-11-26(6)24-16(15)13(2)3;/h11-13H,7-10H2,1-6H3,(H,20,22)(H,21,27);1H. The van der Waals surface area contributed by atoms with E-state index in [-0.39, 0.29) is 29.9 Å². The van der Waals surface area contributed by atoms with Gasteiger partial charge in [0.2, 0.25) is 0 Å². The number of guanidine groups is 1. The molecular weight excluding hydrogens is 501 g/mol. The van der Waals surface area contributed by atoms with E-state index in [4.69, 9.17) is 0 Å². The van der Waals surface area contributed by atoms with Gasteiger partial charge in [-0.1, -0.05) is 13.8 Å². The highest BCUT2D eigenvalue weighted by molar-refractivity contribution is 14.0. The Balaban J connectivity index is 0.00000420. The van der Waals surface area contributed by atoms with Gasteiger partial charge in [-0.15, -0.1) is 35.3 Å². The van der Waals surface area contributed by atoms with E-state index < -0.39 is 0 Å². The average molecular weight is 533 g/mol. The minimum Gasteiger partial charge on any atom is -0.357 e. The van der Waals surface area contributed by atoms with E-state index in [0.29, 0.717) is 23.9 Å². The number of nitrogens with one attached hydrogen (secondary N) is 2. The Kier molecular flexibility index (Phi) is 10.6. The van der Waals surface area contributed by atoms with Gasteiger partial charge in [0.25, 0.3) is 5.91 Å². The number of carbonyl (C=O) groups excluding carboxylic acids is 1. The fourth-order valence-electron chi connectivity index (χ4n) is 2.89. The zero-order valence-corrected chi connectivity index (χ0v) is 21.2. The summed E-state index contributed by atoms with van der Waals surface area (Å²) >= 11 is 1.35. The topological polar surface area (TPSA) is 87.4 Å². The molecule has 1 amide bonds. The largest absolute Gasteiger partial charge is 0.357 e. The Morgan fingerprint density at radius 3 is 2.69 bits per heavy atom. The maximum Gasteiger partial charge on any atom is 0.263 e. The van der Waals surface area contributed by atoms with E-state index in [1.165, 1.54) is 16.9 Å². The zero-order valence-electron chi connectivity index (χ0n) is 18.0. The van der Waals surface area contributed by atoms with Gasteiger partial charge in [0.05, 0.1) is 23.4 Å². The Morgan fingerprint density at radius 1 is 1.38 bits per heavy atom. The molecule has 0 aromatic carbocycles. The Hall–Kier alpha value is -1.69. The molecule has 0 saturated heterocycles. The van der Waals surface area contributed by atoms with Gasteiger partial charge in [-0.2, -0.15) is 5.10 Å². The molecule has 0 bridgehead atoms. The lowest BCUT2D eigenvalue weighted by molar-refractivity contribution is 0.0958. The van der Waals surface area contributed by atoms with Crippen molar-refractivity contribution in [1.82, 2.24) is 30.3 Å². The van der Waals surface area contributed by atoms with Crippen LogP contribution >= 0.6 is 35.3 Å². The molecule has 0 aliphatic carbocycles. The second kappa shape index (κ2) is 12.1. The summed E-state index contributed by atoms with van der Waals surface area (Å²) in [6.07, 6.45) is 2.06. The Labute approximate surface area is 194 Å². The number of hydrogen-bond acceptors (Lipinski definition) is 5. The van der Waals surface area contributed by atoms with Gasteiger partial charge in [-0.3, -0.25) is 14.5 Å². The van der Waals surface area contributed by atoms with Crippen LogP contribution in [0.25, 0.3) is 0 Å². The summed E-state index contributed by atoms with van der Waals surface area (Å²) in [6.45, 7) is 10.7. The lowest BCUT2D eigenvalue weighted by Gasteiger charge is -2.22. The molecule has 0 aliphatic rings. The molecule has 0 atom stereocenters. The smallest absolute Gasteiger partial charge is 0.263 e. The second-order valence-corrected chi connectivity index (χ2v) is 7.84. The van der Waals surface area contributed by atoms with Crippen molar-refractivity contribution in [3.05, 3.63) is 33.5 Å². The number of amides is 1. The maximum absolute atomic E-state index is 12.2. The lowest BCUT2D eigenvalue weighted by Crippen LogP contribution is -2.39. The number of aromatic nitrogens is 3. The minimum atomic E-state index is -0.0921. The fourth-order valence-corrected chi connectivity index (χ4v) is 3.61. The van der Waals surface area contributed by atoms with Crippen LogP contribution in [0.1, 0.15) is 53.3 Å². The van der Waals surface area contributed by atoms with Crippen molar-refractivity contribution in [2.75, 3.05) is 26.7 Å². The Morgan fingerprint density at radius 2 is 2.10 bits per heavy atom. The summed E-state index contributed by atoms with van der Waals surface area (Å²) in [5, 5.41) is 10.8. The van der Waals surface area contributed by atoms with Crippen molar-refractivity contribution in [2.24, 2.45) is 12.0 Å². The summed E-state index contributed by atoms with van der Waals surface area (Å²) < 4.78 is 1.86. The highest BCUT2D eigenvalue weighted by atomic mass is 127. The first-order valence-corrected chi connectivity index (χ1v) is 10.4. The molecule has 2 heterocycles. The molecule has 2 aromatic rings. The molecule has 162 valence electrons. The predicted octanol–water partition coefficient (Wildman–Crippen LogP) is 2.75. The van der Waals surface area contributed by atoms with E-state index >= 15 is 0 Å². The number of thiazole rings is 1. The molecule has 0 spiro atoms. The normalized spacial score (nSPS) is 11.3. The third kappa shape index (κ3) is 7.25. The van der Waals surface area contributed by atoms with Crippen LogP contribution in [0.4, 0.5) is 0 Å². The van der Waals surface area contributed by atoms with Crippen LogP contribution in [0, 0.1) is 6.92 Å². The summed E-state index contributed by atoms with van der Waals surface area (Å²) in [7, 11) is 3.96. The molecule has 0 saturated carbocycles. The highest BCUT2D eigenvalue weighted by Crippen LogP contribution is 2.18. The number of hydrogen-bond donors (Lipinski definition) is 2. The molecule has 8 nitrogen and oxygen atoms in total. The summed E-state index contributed by atoms with van der Waals surface area (Å²) in [6, 6.07) is 0. The first-order chi connectivity index (χ1) is 13.3. The molecule has 29 heavy (non-hydrogen) atoms. The van der Waals surface area contributed by atoms with E-state index in [1.807, 2.05) is 32.6 Å². The van der Waals surface area contributed by atoms with Gasteiger partial charge >= 0.3 is 0 Å². The lowest BCUT2D eigenvalue weighted by atomic mass is 10.1. The zero-order chi connectivity index (χ0) is 20.7. The van der Waals surface area contributed by atoms with Gasteiger partial charge in [0.15, 0.2) is 5.96 Å². The Bertz CT molecular complexity index is 815. The fraction of sp³-hybridized carbons (Fsp3) is 0.579. The van der Waals surface area contributed by atoms with E-state index in [0.717, 1.165) is 30.4 Å². The van der Waals surface area contributed by atoms with Crippen molar-refractivity contribution < 1.29 is 4.79 Å². The molecule has 2 aromatic heterocycles. The van der Waals surface area contributed by atoms with E-state index in [2.05, 4.69) is 50.7 Å². The van der Waals surface area contributed by atoms with Crippen LogP contribution < -0.4 is 10.6 Å². The minimum absolute atomic E-state index is 0. The number of aryl methyl sites for hydroxylation is 2. The van der Waals surface area contributed by atoms with Crippen LogP contribution in [0.5, 0.6) is 0 Å². The monoisotopic (exact) mass is 533 g/mol.